The molecule has 3 atom stereocenters. The number of carbonyl (C=O) groups excluding carboxylic acids is 1. The van der Waals surface area contributed by atoms with E-state index in [0.717, 1.165) is 0 Å². The third-order valence-electron chi connectivity index (χ3n) is 4.10. The van der Waals surface area contributed by atoms with Crippen LogP contribution in [0.4, 0.5) is 0 Å². The standard InChI is InChI=1S/C15H22O/c1-9(2)13-8-15(16)11(4)12-6-5-10(3)7-14(12)13/h7-12H,5-6H2,1-4H3. The van der Waals surface area contributed by atoms with E-state index < -0.39 is 0 Å². The van der Waals surface area contributed by atoms with Crippen LogP contribution in [0.15, 0.2) is 23.3 Å². The highest BCUT2D eigenvalue weighted by molar-refractivity contribution is 5.95. The number of rotatable bonds is 1. The highest BCUT2D eigenvalue weighted by Gasteiger charge is 2.35. The van der Waals surface area contributed by atoms with Gasteiger partial charge in [-0.2, -0.15) is 0 Å². The Hall–Kier alpha value is -0.850. The highest BCUT2D eigenvalue weighted by atomic mass is 16.1. The number of allylic oxidation sites excluding steroid dienone is 4. The Morgan fingerprint density at radius 1 is 1.25 bits per heavy atom. The van der Waals surface area contributed by atoms with Crippen LogP contribution in [0.3, 0.4) is 0 Å². The smallest absolute Gasteiger partial charge is 0.159 e. The monoisotopic (exact) mass is 218 g/mol. The van der Waals surface area contributed by atoms with Crippen LogP contribution in [-0.2, 0) is 4.79 Å². The topological polar surface area (TPSA) is 17.1 Å². The maximum absolute atomic E-state index is 11.9. The highest BCUT2D eigenvalue weighted by Crippen LogP contribution is 2.42. The normalized spacial score (nSPS) is 34.6. The molecule has 2 aliphatic rings. The first kappa shape index (κ1) is 11.6. The van der Waals surface area contributed by atoms with E-state index in [1.54, 1.807) is 0 Å². The van der Waals surface area contributed by atoms with Gasteiger partial charge in [-0.05, 0) is 47.8 Å². The van der Waals surface area contributed by atoms with Crippen LogP contribution in [0.5, 0.6) is 0 Å². The fraction of sp³-hybridized carbons (Fsp3) is 0.667. The van der Waals surface area contributed by atoms with Crippen LogP contribution in [0.2, 0.25) is 0 Å². The van der Waals surface area contributed by atoms with Crippen LogP contribution in [0, 0.1) is 23.7 Å². The molecule has 88 valence electrons. The second-order valence-electron chi connectivity index (χ2n) is 5.73. The van der Waals surface area contributed by atoms with E-state index in [9.17, 15) is 4.79 Å². The zero-order chi connectivity index (χ0) is 11.9. The van der Waals surface area contributed by atoms with Gasteiger partial charge in [-0.1, -0.05) is 33.8 Å². The molecule has 0 aromatic heterocycles. The van der Waals surface area contributed by atoms with E-state index in [1.807, 2.05) is 6.08 Å². The fourth-order valence-electron chi connectivity index (χ4n) is 3.01. The van der Waals surface area contributed by atoms with Gasteiger partial charge in [0.15, 0.2) is 5.78 Å². The molecule has 3 unspecified atom stereocenters. The predicted molar refractivity (Wildman–Crippen MR) is 67.1 cm³/mol. The van der Waals surface area contributed by atoms with Crippen molar-refractivity contribution < 1.29 is 4.79 Å². The second-order valence-corrected chi connectivity index (χ2v) is 5.73. The zero-order valence-electron chi connectivity index (χ0n) is 10.8. The van der Waals surface area contributed by atoms with Gasteiger partial charge in [0, 0.05) is 5.92 Å². The van der Waals surface area contributed by atoms with Crippen molar-refractivity contribution >= 4 is 5.78 Å². The molecule has 0 saturated heterocycles. The van der Waals surface area contributed by atoms with Crippen molar-refractivity contribution in [3.8, 4) is 0 Å². The minimum Gasteiger partial charge on any atom is -0.295 e. The molecule has 0 aromatic rings. The van der Waals surface area contributed by atoms with Crippen molar-refractivity contribution in [3.05, 3.63) is 23.3 Å². The molecule has 0 heterocycles. The van der Waals surface area contributed by atoms with Crippen LogP contribution in [0.1, 0.15) is 40.5 Å². The lowest BCUT2D eigenvalue weighted by Gasteiger charge is -2.36. The summed E-state index contributed by atoms with van der Waals surface area (Å²) in [5.74, 6) is 2.16. The summed E-state index contributed by atoms with van der Waals surface area (Å²) in [4.78, 5) is 11.9. The third kappa shape index (κ3) is 1.88. The van der Waals surface area contributed by atoms with Gasteiger partial charge in [0.1, 0.15) is 0 Å². The first-order valence-corrected chi connectivity index (χ1v) is 6.48. The summed E-state index contributed by atoms with van der Waals surface area (Å²) in [5, 5.41) is 0. The fourth-order valence-corrected chi connectivity index (χ4v) is 3.01. The van der Waals surface area contributed by atoms with Gasteiger partial charge in [-0.25, -0.2) is 0 Å². The summed E-state index contributed by atoms with van der Waals surface area (Å²) >= 11 is 0. The van der Waals surface area contributed by atoms with Gasteiger partial charge in [0.25, 0.3) is 0 Å². The number of ketones is 1. The molecule has 16 heavy (non-hydrogen) atoms. The van der Waals surface area contributed by atoms with E-state index >= 15 is 0 Å². The zero-order valence-corrected chi connectivity index (χ0v) is 10.8. The van der Waals surface area contributed by atoms with Gasteiger partial charge in [0.2, 0.25) is 0 Å². The summed E-state index contributed by atoms with van der Waals surface area (Å²) in [5.41, 5.74) is 2.76. The molecule has 1 heteroatoms. The lowest BCUT2D eigenvalue weighted by Crippen LogP contribution is -2.31. The molecule has 0 bridgehead atoms. The maximum atomic E-state index is 11.9. The average molecular weight is 218 g/mol. The van der Waals surface area contributed by atoms with Gasteiger partial charge in [-0.3, -0.25) is 4.79 Å². The van der Waals surface area contributed by atoms with Crippen LogP contribution >= 0.6 is 0 Å². The first-order valence-electron chi connectivity index (χ1n) is 6.48. The minimum absolute atomic E-state index is 0.196. The summed E-state index contributed by atoms with van der Waals surface area (Å²) in [7, 11) is 0. The SMILES string of the molecule is CC1C=C2C(C(C)C)=CC(=O)C(C)C2CC1. The van der Waals surface area contributed by atoms with Crippen molar-refractivity contribution in [1.82, 2.24) is 0 Å². The van der Waals surface area contributed by atoms with Crippen molar-refractivity contribution in [3.63, 3.8) is 0 Å². The van der Waals surface area contributed by atoms with Gasteiger partial charge < -0.3 is 0 Å². The summed E-state index contributed by atoms with van der Waals surface area (Å²) in [6.45, 7) is 8.74. The van der Waals surface area contributed by atoms with Crippen molar-refractivity contribution in [2.75, 3.05) is 0 Å². The van der Waals surface area contributed by atoms with Crippen molar-refractivity contribution in [1.29, 1.82) is 0 Å². The molecule has 0 aliphatic heterocycles. The van der Waals surface area contributed by atoms with Gasteiger partial charge in [-0.15, -0.1) is 0 Å². The van der Waals surface area contributed by atoms with Gasteiger partial charge >= 0.3 is 0 Å². The number of fused-ring (bicyclic) bond motifs is 1. The Bertz CT molecular complexity index is 360. The molecule has 0 N–H and O–H groups in total. The minimum atomic E-state index is 0.196. The molecule has 2 aliphatic carbocycles. The molecular weight excluding hydrogens is 196 g/mol. The van der Waals surface area contributed by atoms with E-state index in [-0.39, 0.29) is 5.92 Å². The number of hydrogen-bond acceptors (Lipinski definition) is 1. The molecular formula is C15H22O. The first-order chi connectivity index (χ1) is 7.50. The Morgan fingerprint density at radius 3 is 2.56 bits per heavy atom. The predicted octanol–water partition coefficient (Wildman–Crippen LogP) is 3.76. The average Bonchev–Trinajstić information content (AvgIpc) is 2.22. The van der Waals surface area contributed by atoms with Crippen molar-refractivity contribution in [2.24, 2.45) is 23.7 Å². The largest absolute Gasteiger partial charge is 0.295 e. The van der Waals surface area contributed by atoms with E-state index in [0.29, 0.717) is 23.5 Å². The quantitative estimate of drug-likeness (QED) is 0.655. The maximum Gasteiger partial charge on any atom is 0.159 e. The number of carbonyl (C=O) groups is 1. The molecule has 0 amide bonds. The van der Waals surface area contributed by atoms with Crippen LogP contribution in [0.25, 0.3) is 0 Å². The van der Waals surface area contributed by atoms with E-state index in [2.05, 4.69) is 33.8 Å². The lowest BCUT2D eigenvalue weighted by atomic mass is 9.67. The van der Waals surface area contributed by atoms with Crippen LogP contribution in [-0.4, -0.2) is 5.78 Å². The van der Waals surface area contributed by atoms with Crippen molar-refractivity contribution in [2.45, 2.75) is 40.5 Å². The molecule has 0 fully saturated rings. The Balaban J connectivity index is 2.44. The molecule has 0 spiro atoms. The summed E-state index contributed by atoms with van der Waals surface area (Å²) < 4.78 is 0. The molecule has 0 saturated carbocycles. The Kier molecular flexibility index (Phi) is 3.05. The Labute approximate surface area is 98.6 Å². The molecule has 0 radical (unpaired) electrons. The van der Waals surface area contributed by atoms with Gasteiger partial charge in [0.05, 0.1) is 0 Å². The molecule has 2 rings (SSSR count). The van der Waals surface area contributed by atoms with E-state index in [4.69, 9.17) is 0 Å². The third-order valence-corrected chi connectivity index (χ3v) is 4.10. The Morgan fingerprint density at radius 2 is 1.94 bits per heavy atom. The summed E-state index contributed by atoms with van der Waals surface area (Å²) in [6.07, 6.45) is 6.72. The second kappa shape index (κ2) is 4.20. The summed E-state index contributed by atoms with van der Waals surface area (Å²) in [6, 6.07) is 0. The molecule has 1 nitrogen and oxygen atoms in total. The lowest BCUT2D eigenvalue weighted by molar-refractivity contribution is -0.119. The molecule has 0 aromatic carbocycles. The van der Waals surface area contributed by atoms with E-state index in [1.165, 1.54) is 24.0 Å². The number of hydrogen-bond donors (Lipinski definition) is 0. The van der Waals surface area contributed by atoms with Crippen LogP contribution < -0.4 is 0 Å².